The first-order valence-electron chi connectivity index (χ1n) is 9.32. The van der Waals surface area contributed by atoms with Crippen molar-refractivity contribution >= 4 is 0 Å². The summed E-state index contributed by atoms with van der Waals surface area (Å²) in [5.41, 5.74) is 4.90. The number of aryl methyl sites for hydroxylation is 2. The van der Waals surface area contributed by atoms with Crippen LogP contribution in [0.5, 0.6) is 5.88 Å². The molecule has 1 aliphatic carbocycles. The van der Waals surface area contributed by atoms with Crippen LogP contribution in [0, 0.1) is 19.8 Å². The van der Waals surface area contributed by atoms with Gasteiger partial charge in [0.05, 0.1) is 5.69 Å². The average Bonchev–Trinajstić information content (AvgIpc) is 2.62. The predicted octanol–water partition coefficient (Wildman–Crippen LogP) is 5.96. The Hall–Kier alpha value is -1.83. The van der Waals surface area contributed by atoms with Crippen molar-refractivity contribution in [1.82, 2.24) is 4.98 Å². The van der Waals surface area contributed by atoms with E-state index in [-0.39, 0.29) is 0 Å². The highest BCUT2D eigenvalue weighted by atomic mass is 16.5. The van der Waals surface area contributed by atoms with Gasteiger partial charge in [0.1, 0.15) is 6.61 Å². The van der Waals surface area contributed by atoms with Crippen LogP contribution in [0.4, 0.5) is 0 Å². The van der Waals surface area contributed by atoms with Gasteiger partial charge in [-0.1, -0.05) is 43.7 Å². The molecule has 1 aromatic heterocycles. The first-order chi connectivity index (χ1) is 11.7. The van der Waals surface area contributed by atoms with Crippen LogP contribution < -0.4 is 4.74 Å². The van der Waals surface area contributed by atoms with Crippen molar-refractivity contribution in [2.75, 3.05) is 0 Å². The Morgan fingerprint density at radius 3 is 2.38 bits per heavy atom. The summed E-state index contributed by atoms with van der Waals surface area (Å²) in [5.74, 6) is 2.32. The van der Waals surface area contributed by atoms with Crippen LogP contribution in [0.3, 0.4) is 0 Å². The van der Waals surface area contributed by atoms with Crippen molar-refractivity contribution in [3.05, 3.63) is 58.8 Å². The molecule has 0 radical (unpaired) electrons. The zero-order valence-electron chi connectivity index (χ0n) is 15.2. The van der Waals surface area contributed by atoms with Gasteiger partial charge in [-0.15, -0.1) is 0 Å². The predicted molar refractivity (Wildman–Crippen MR) is 99.5 cm³/mol. The van der Waals surface area contributed by atoms with E-state index in [1.165, 1.54) is 48.9 Å². The number of nitrogens with zero attached hydrogens (tertiary/aromatic N) is 1. The molecule has 24 heavy (non-hydrogen) atoms. The summed E-state index contributed by atoms with van der Waals surface area (Å²) in [7, 11) is 0. The van der Waals surface area contributed by atoms with Gasteiger partial charge < -0.3 is 4.74 Å². The molecule has 0 saturated heterocycles. The molecule has 0 aliphatic heterocycles. The van der Waals surface area contributed by atoms with Gasteiger partial charge in [-0.2, -0.15) is 0 Å². The third-order valence-corrected chi connectivity index (χ3v) is 5.43. The zero-order valence-corrected chi connectivity index (χ0v) is 15.2. The lowest BCUT2D eigenvalue weighted by atomic mass is 9.78. The van der Waals surface area contributed by atoms with Crippen molar-refractivity contribution in [3.8, 4) is 5.88 Å². The Morgan fingerprint density at radius 1 is 1.00 bits per heavy atom. The fraction of sp³-hybridized carbons (Fsp3) is 0.500. The number of aromatic nitrogens is 1. The van der Waals surface area contributed by atoms with Crippen molar-refractivity contribution in [1.29, 1.82) is 0 Å². The molecule has 1 fully saturated rings. The number of pyridine rings is 1. The first kappa shape index (κ1) is 17.0. The lowest BCUT2D eigenvalue weighted by molar-refractivity contribution is 0.284. The van der Waals surface area contributed by atoms with Gasteiger partial charge in [0.2, 0.25) is 5.88 Å². The molecule has 2 nitrogen and oxygen atoms in total. The zero-order chi connectivity index (χ0) is 16.9. The molecule has 2 heteroatoms. The Labute approximate surface area is 146 Å². The SMILES string of the molecule is CCC1CCC(c2nc(OCc3ccccc3)c(C)cc2C)CC1. The molecule has 2 aromatic rings. The molecule has 0 N–H and O–H groups in total. The van der Waals surface area contributed by atoms with Crippen molar-refractivity contribution in [2.24, 2.45) is 5.92 Å². The maximum atomic E-state index is 6.04. The standard InChI is InChI=1S/C22H29NO/c1-4-18-10-12-20(13-11-18)21-16(2)14-17(3)22(23-21)24-15-19-8-6-5-7-9-19/h5-9,14,18,20H,4,10-13,15H2,1-3H3. The minimum atomic E-state index is 0.583. The maximum absolute atomic E-state index is 6.04. The summed E-state index contributed by atoms with van der Waals surface area (Å²) in [6.07, 6.45) is 6.55. The molecule has 128 valence electrons. The normalized spacial score (nSPS) is 20.8. The second-order valence-electron chi connectivity index (χ2n) is 7.21. The molecule has 1 aliphatic rings. The van der Waals surface area contributed by atoms with E-state index in [1.54, 1.807) is 0 Å². The van der Waals surface area contributed by atoms with Crippen LogP contribution in [-0.4, -0.2) is 4.98 Å². The second-order valence-corrected chi connectivity index (χ2v) is 7.21. The number of hydrogen-bond acceptors (Lipinski definition) is 2. The molecular formula is C22H29NO. The summed E-state index contributed by atoms with van der Waals surface area (Å²) < 4.78 is 6.04. The van der Waals surface area contributed by atoms with Gasteiger partial charge in [-0.3, -0.25) is 0 Å². The van der Waals surface area contributed by atoms with E-state index in [4.69, 9.17) is 9.72 Å². The van der Waals surface area contributed by atoms with Crippen molar-refractivity contribution < 1.29 is 4.74 Å². The highest BCUT2D eigenvalue weighted by Gasteiger charge is 2.24. The average molecular weight is 323 g/mol. The third kappa shape index (κ3) is 3.98. The number of benzene rings is 1. The van der Waals surface area contributed by atoms with Crippen LogP contribution in [0.25, 0.3) is 0 Å². The van der Waals surface area contributed by atoms with E-state index in [0.29, 0.717) is 12.5 Å². The van der Waals surface area contributed by atoms with Gasteiger partial charge in [0.25, 0.3) is 0 Å². The minimum Gasteiger partial charge on any atom is -0.473 e. The summed E-state index contributed by atoms with van der Waals surface area (Å²) in [4.78, 5) is 4.94. The minimum absolute atomic E-state index is 0.583. The molecule has 3 rings (SSSR count). The largest absolute Gasteiger partial charge is 0.473 e. The lowest BCUT2D eigenvalue weighted by Gasteiger charge is -2.28. The molecular weight excluding hydrogens is 294 g/mol. The molecule has 0 amide bonds. The van der Waals surface area contributed by atoms with E-state index in [0.717, 1.165) is 17.4 Å². The Morgan fingerprint density at radius 2 is 1.71 bits per heavy atom. The van der Waals surface area contributed by atoms with Gasteiger partial charge in [0, 0.05) is 11.5 Å². The molecule has 1 heterocycles. The smallest absolute Gasteiger partial charge is 0.216 e. The molecule has 1 saturated carbocycles. The molecule has 0 bridgehead atoms. The summed E-state index contributed by atoms with van der Waals surface area (Å²) in [6.45, 7) is 7.19. The highest BCUT2D eigenvalue weighted by molar-refractivity contribution is 5.35. The number of rotatable bonds is 5. The van der Waals surface area contributed by atoms with Crippen LogP contribution in [0.1, 0.15) is 67.3 Å². The van der Waals surface area contributed by atoms with Crippen LogP contribution in [0.2, 0.25) is 0 Å². The van der Waals surface area contributed by atoms with Crippen LogP contribution >= 0.6 is 0 Å². The van der Waals surface area contributed by atoms with Crippen LogP contribution in [-0.2, 0) is 6.61 Å². The fourth-order valence-corrected chi connectivity index (χ4v) is 3.88. The quantitative estimate of drug-likeness (QED) is 0.677. The molecule has 0 spiro atoms. The van der Waals surface area contributed by atoms with Crippen molar-refractivity contribution in [2.45, 2.75) is 65.4 Å². The van der Waals surface area contributed by atoms with Gasteiger partial charge in [0.15, 0.2) is 0 Å². The summed E-state index contributed by atoms with van der Waals surface area (Å²) in [6, 6.07) is 12.6. The summed E-state index contributed by atoms with van der Waals surface area (Å²) in [5, 5.41) is 0. The Kier molecular flexibility index (Phi) is 5.55. The Balaban J connectivity index is 1.74. The van der Waals surface area contributed by atoms with E-state index in [9.17, 15) is 0 Å². The lowest BCUT2D eigenvalue weighted by Crippen LogP contribution is -2.15. The fourth-order valence-electron chi connectivity index (χ4n) is 3.88. The topological polar surface area (TPSA) is 22.1 Å². The monoisotopic (exact) mass is 323 g/mol. The van der Waals surface area contributed by atoms with E-state index in [1.807, 2.05) is 18.2 Å². The van der Waals surface area contributed by atoms with E-state index in [2.05, 4.69) is 39.0 Å². The van der Waals surface area contributed by atoms with Gasteiger partial charge in [-0.25, -0.2) is 4.98 Å². The molecule has 0 atom stereocenters. The van der Waals surface area contributed by atoms with E-state index < -0.39 is 0 Å². The van der Waals surface area contributed by atoms with Crippen molar-refractivity contribution in [3.63, 3.8) is 0 Å². The van der Waals surface area contributed by atoms with E-state index >= 15 is 0 Å². The first-order valence-corrected chi connectivity index (χ1v) is 9.32. The summed E-state index contributed by atoms with van der Waals surface area (Å²) >= 11 is 0. The number of ether oxygens (including phenoxy) is 1. The Bertz CT molecular complexity index is 657. The third-order valence-electron chi connectivity index (χ3n) is 5.43. The molecule has 1 aromatic carbocycles. The second kappa shape index (κ2) is 7.83. The maximum Gasteiger partial charge on any atom is 0.216 e. The van der Waals surface area contributed by atoms with Gasteiger partial charge >= 0.3 is 0 Å². The highest BCUT2D eigenvalue weighted by Crippen LogP contribution is 2.38. The van der Waals surface area contributed by atoms with Gasteiger partial charge in [-0.05, 0) is 62.6 Å². The van der Waals surface area contributed by atoms with Crippen LogP contribution in [0.15, 0.2) is 36.4 Å². The molecule has 0 unspecified atom stereocenters. The number of hydrogen-bond donors (Lipinski definition) is 0.